The van der Waals surface area contributed by atoms with E-state index < -0.39 is 22.7 Å². The number of carbonyl (C=O) groups is 1. The minimum Gasteiger partial charge on any atom is -0.435 e. The number of nitrogens with zero attached hydrogens (tertiary/aromatic N) is 2. The van der Waals surface area contributed by atoms with Gasteiger partial charge in [0, 0.05) is 20.1 Å². The van der Waals surface area contributed by atoms with Crippen LogP contribution in [0.4, 0.5) is 8.78 Å². The van der Waals surface area contributed by atoms with Crippen LogP contribution in [-0.2, 0) is 21.4 Å². The minimum absolute atomic E-state index is 0.0358. The van der Waals surface area contributed by atoms with Gasteiger partial charge < -0.3 is 9.64 Å². The Morgan fingerprint density at radius 3 is 2.45 bits per heavy atom. The van der Waals surface area contributed by atoms with Crippen molar-refractivity contribution < 1.29 is 26.7 Å². The lowest BCUT2D eigenvalue weighted by Gasteiger charge is -2.27. The standard InChI is InChI=1S/C20H22F2N2O4S/c1-23(14-15-9-11-16(12-10-15)28-20(21)22)19(25)18-8-5-13-24(18)29(26,27)17-6-3-2-4-7-17/h2-4,6-7,9-12,18,20H,5,8,13-14H2,1H3. The maximum atomic E-state index is 12.9. The quantitative estimate of drug-likeness (QED) is 0.685. The van der Waals surface area contributed by atoms with Crippen molar-refractivity contribution in [1.82, 2.24) is 9.21 Å². The fourth-order valence-electron chi connectivity index (χ4n) is 3.38. The Labute approximate surface area is 168 Å². The third kappa shape index (κ3) is 4.91. The molecule has 0 aromatic heterocycles. The first-order chi connectivity index (χ1) is 13.8. The molecule has 1 aliphatic rings. The first-order valence-corrected chi connectivity index (χ1v) is 10.6. The molecule has 1 heterocycles. The number of alkyl halides is 2. The molecule has 9 heteroatoms. The van der Waals surface area contributed by atoms with Crippen molar-refractivity contribution in [2.75, 3.05) is 13.6 Å². The van der Waals surface area contributed by atoms with E-state index in [9.17, 15) is 22.0 Å². The van der Waals surface area contributed by atoms with Crippen LogP contribution in [0.1, 0.15) is 18.4 Å². The van der Waals surface area contributed by atoms with Crippen molar-refractivity contribution in [2.45, 2.75) is 36.9 Å². The monoisotopic (exact) mass is 424 g/mol. The predicted molar refractivity (Wildman–Crippen MR) is 103 cm³/mol. The molecule has 29 heavy (non-hydrogen) atoms. The summed E-state index contributed by atoms with van der Waals surface area (Å²) in [5.41, 5.74) is 0.720. The first-order valence-electron chi connectivity index (χ1n) is 9.14. The van der Waals surface area contributed by atoms with Gasteiger partial charge in [0.25, 0.3) is 0 Å². The average molecular weight is 424 g/mol. The zero-order chi connectivity index (χ0) is 21.0. The molecule has 0 radical (unpaired) electrons. The Morgan fingerprint density at radius 1 is 1.17 bits per heavy atom. The SMILES string of the molecule is CN(Cc1ccc(OC(F)F)cc1)C(=O)C1CCCN1S(=O)(=O)c1ccccc1. The fraction of sp³-hybridized carbons (Fsp3) is 0.350. The molecule has 0 aliphatic carbocycles. The third-order valence-corrected chi connectivity index (χ3v) is 6.71. The van der Waals surface area contributed by atoms with Crippen molar-refractivity contribution in [2.24, 2.45) is 0 Å². The molecule has 6 nitrogen and oxygen atoms in total. The number of hydrogen-bond acceptors (Lipinski definition) is 4. The van der Waals surface area contributed by atoms with E-state index in [1.54, 1.807) is 37.4 Å². The summed E-state index contributed by atoms with van der Waals surface area (Å²) in [7, 11) is -2.16. The highest BCUT2D eigenvalue weighted by molar-refractivity contribution is 7.89. The van der Waals surface area contributed by atoms with E-state index in [0.29, 0.717) is 19.4 Å². The van der Waals surface area contributed by atoms with E-state index in [-0.39, 0.29) is 23.1 Å². The Hall–Kier alpha value is -2.52. The van der Waals surface area contributed by atoms with E-state index >= 15 is 0 Å². The van der Waals surface area contributed by atoms with Gasteiger partial charge in [-0.1, -0.05) is 30.3 Å². The van der Waals surface area contributed by atoms with Gasteiger partial charge in [-0.15, -0.1) is 0 Å². The molecule has 1 unspecified atom stereocenters. The molecule has 1 atom stereocenters. The molecular weight excluding hydrogens is 402 g/mol. The summed E-state index contributed by atoms with van der Waals surface area (Å²) in [5, 5.41) is 0. The lowest BCUT2D eigenvalue weighted by atomic mass is 10.1. The highest BCUT2D eigenvalue weighted by Crippen LogP contribution is 2.27. The summed E-state index contributed by atoms with van der Waals surface area (Å²) in [4.78, 5) is 14.6. The van der Waals surface area contributed by atoms with Crippen LogP contribution in [0.15, 0.2) is 59.5 Å². The van der Waals surface area contributed by atoms with Crippen LogP contribution < -0.4 is 4.74 Å². The van der Waals surface area contributed by atoms with Crippen molar-refractivity contribution in [1.29, 1.82) is 0 Å². The molecule has 156 valence electrons. The lowest BCUT2D eigenvalue weighted by Crippen LogP contribution is -2.46. The number of rotatable bonds is 7. The Kier molecular flexibility index (Phi) is 6.49. The fourth-order valence-corrected chi connectivity index (χ4v) is 5.06. The molecule has 0 spiro atoms. The largest absolute Gasteiger partial charge is 0.435 e. The summed E-state index contributed by atoms with van der Waals surface area (Å²) in [6, 6.07) is 13.3. The second kappa shape index (κ2) is 8.87. The zero-order valence-electron chi connectivity index (χ0n) is 15.9. The van der Waals surface area contributed by atoms with E-state index in [1.165, 1.54) is 33.5 Å². The maximum Gasteiger partial charge on any atom is 0.387 e. The number of ether oxygens (including phenoxy) is 1. The molecule has 1 saturated heterocycles. The highest BCUT2D eigenvalue weighted by Gasteiger charge is 2.40. The lowest BCUT2D eigenvalue weighted by molar-refractivity contribution is -0.133. The van der Waals surface area contributed by atoms with Crippen LogP contribution in [0.5, 0.6) is 5.75 Å². The average Bonchev–Trinajstić information content (AvgIpc) is 3.20. The van der Waals surface area contributed by atoms with Gasteiger partial charge in [-0.25, -0.2) is 8.42 Å². The summed E-state index contributed by atoms with van der Waals surface area (Å²) < 4.78 is 55.9. The van der Waals surface area contributed by atoms with Crippen molar-refractivity contribution in [3.8, 4) is 5.75 Å². The van der Waals surface area contributed by atoms with Gasteiger partial charge in [0.1, 0.15) is 11.8 Å². The van der Waals surface area contributed by atoms with Gasteiger partial charge in [0.15, 0.2) is 0 Å². The van der Waals surface area contributed by atoms with Crippen molar-refractivity contribution >= 4 is 15.9 Å². The summed E-state index contributed by atoms with van der Waals surface area (Å²) in [5.74, 6) is -0.261. The second-order valence-electron chi connectivity index (χ2n) is 6.80. The van der Waals surface area contributed by atoms with Gasteiger partial charge in [-0.05, 0) is 42.7 Å². The molecule has 1 aliphatic heterocycles. The minimum atomic E-state index is -3.76. The van der Waals surface area contributed by atoms with Gasteiger partial charge in [-0.3, -0.25) is 4.79 Å². The normalized spacial score (nSPS) is 17.4. The van der Waals surface area contributed by atoms with E-state index in [2.05, 4.69) is 4.74 Å². The van der Waals surface area contributed by atoms with Gasteiger partial charge in [-0.2, -0.15) is 13.1 Å². The number of sulfonamides is 1. The molecule has 1 fully saturated rings. The Balaban J connectivity index is 1.70. The molecule has 0 N–H and O–H groups in total. The van der Waals surface area contributed by atoms with Crippen LogP contribution in [-0.4, -0.2) is 49.8 Å². The summed E-state index contributed by atoms with van der Waals surface area (Å²) in [6.45, 7) is -2.38. The number of amides is 1. The highest BCUT2D eigenvalue weighted by atomic mass is 32.2. The van der Waals surface area contributed by atoms with Gasteiger partial charge >= 0.3 is 6.61 Å². The number of hydrogen-bond donors (Lipinski definition) is 0. The van der Waals surface area contributed by atoms with Crippen molar-refractivity contribution in [3.63, 3.8) is 0 Å². The second-order valence-corrected chi connectivity index (χ2v) is 8.69. The number of halogens is 2. The number of likely N-dealkylation sites (N-methyl/N-ethyl adjacent to an activating group) is 1. The molecular formula is C20H22F2N2O4S. The van der Waals surface area contributed by atoms with E-state index in [4.69, 9.17) is 0 Å². The molecule has 2 aromatic rings. The first kappa shape index (κ1) is 21.2. The summed E-state index contributed by atoms with van der Waals surface area (Å²) in [6.07, 6.45) is 1.06. The van der Waals surface area contributed by atoms with Crippen LogP contribution in [0.3, 0.4) is 0 Å². The molecule has 3 rings (SSSR count). The van der Waals surface area contributed by atoms with Gasteiger partial charge in [0.2, 0.25) is 15.9 Å². The predicted octanol–water partition coefficient (Wildman–Crippen LogP) is 3.10. The van der Waals surface area contributed by atoms with Crippen LogP contribution in [0.25, 0.3) is 0 Å². The van der Waals surface area contributed by atoms with Crippen molar-refractivity contribution in [3.05, 3.63) is 60.2 Å². The summed E-state index contributed by atoms with van der Waals surface area (Å²) >= 11 is 0. The number of benzene rings is 2. The van der Waals surface area contributed by atoms with Gasteiger partial charge in [0.05, 0.1) is 4.90 Å². The van der Waals surface area contributed by atoms with Crippen LogP contribution in [0.2, 0.25) is 0 Å². The Bertz CT molecular complexity index is 937. The third-order valence-electron chi connectivity index (χ3n) is 4.78. The Morgan fingerprint density at radius 2 is 1.83 bits per heavy atom. The van der Waals surface area contributed by atoms with E-state index in [1.807, 2.05) is 0 Å². The molecule has 2 aromatic carbocycles. The topological polar surface area (TPSA) is 66.9 Å². The molecule has 0 saturated carbocycles. The number of carbonyl (C=O) groups excluding carboxylic acids is 1. The van der Waals surface area contributed by atoms with Crippen LogP contribution in [0, 0.1) is 0 Å². The zero-order valence-corrected chi connectivity index (χ0v) is 16.7. The maximum absolute atomic E-state index is 12.9. The van der Waals surface area contributed by atoms with Crippen LogP contribution >= 0.6 is 0 Å². The molecule has 1 amide bonds. The van der Waals surface area contributed by atoms with E-state index in [0.717, 1.165) is 5.56 Å². The molecule has 0 bridgehead atoms. The smallest absolute Gasteiger partial charge is 0.387 e.